The van der Waals surface area contributed by atoms with Crippen molar-refractivity contribution < 1.29 is 14.4 Å². The molecular weight excluding hydrogens is 261 g/mol. The SMILES string of the molecule is N/C(=N\O)c1ccc(C(=O)Nc2ccc(F)cc2)cc1. The number of carbonyl (C=O) groups is 1. The molecule has 0 saturated carbocycles. The molecule has 5 nitrogen and oxygen atoms in total. The van der Waals surface area contributed by atoms with Gasteiger partial charge >= 0.3 is 0 Å². The lowest BCUT2D eigenvalue weighted by Crippen LogP contribution is -2.15. The molecule has 2 aromatic carbocycles. The Bertz CT molecular complexity index is 636. The van der Waals surface area contributed by atoms with E-state index in [1.807, 2.05) is 0 Å². The van der Waals surface area contributed by atoms with Gasteiger partial charge in [-0.25, -0.2) is 4.39 Å². The van der Waals surface area contributed by atoms with Gasteiger partial charge in [-0.3, -0.25) is 4.79 Å². The number of benzene rings is 2. The van der Waals surface area contributed by atoms with Crippen LogP contribution in [-0.4, -0.2) is 17.0 Å². The number of nitrogens with two attached hydrogens (primary N) is 1. The van der Waals surface area contributed by atoms with Crippen LogP contribution in [0.5, 0.6) is 0 Å². The van der Waals surface area contributed by atoms with Gasteiger partial charge in [-0.15, -0.1) is 0 Å². The highest BCUT2D eigenvalue weighted by Crippen LogP contribution is 2.11. The van der Waals surface area contributed by atoms with Crippen molar-refractivity contribution in [3.63, 3.8) is 0 Å². The molecule has 102 valence electrons. The van der Waals surface area contributed by atoms with E-state index in [1.165, 1.54) is 24.3 Å². The highest BCUT2D eigenvalue weighted by Gasteiger charge is 2.07. The van der Waals surface area contributed by atoms with Crippen molar-refractivity contribution in [3.05, 3.63) is 65.5 Å². The zero-order valence-electron chi connectivity index (χ0n) is 10.4. The van der Waals surface area contributed by atoms with Crippen molar-refractivity contribution in [2.45, 2.75) is 0 Å². The van der Waals surface area contributed by atoms with Gasteiger partial charge in [0, 0.05) is 16.8 Å². The summed E-state index contributed by atoms with van der Waals surface area (Å²) in [6, 6.07) is 11.7. The minimum absolute atomic E-state index is 0.0320. The molecule has 6 heteroatoms. The maximum Gasteiger partial charge on any atom is 0.255 e. The molecule has 1 amide bonds. The number of amidine groups is 1. The lowest BCUT2D eigenvalue weighted by Gasteiger charge is -2.06. The van der Waals surface area contributed by atoms with Gasteiger partial charge in [0.1, 0.15) is 5.82 Å². The minimum Gasteiger partial charge on any atom is -0.409 e. The largest absolute Gasteiger partial charge is 0.409 e. The number of amides is 1. The molecule has 2 aromatic rings. The molecule has 2 rings (SSSR count). The van der Waals surface area contributed by atoms with Gasteiger partial charge in [0.25, 0.3) is 5.91 Å². The zero-order chi connectivity index (χ0) is 14.5. The number of hydrogen-bond donors (Lipinski definition) is 3. The molecule has 0 fully saturated rings. The first-order chi connectivity index (χ1) is 9.60. The van der Waals surface area contributed by atoms with Crippen LogP contribution in [0.15, 0.2) is 53.7 Å². The highest BCUT2D eigenvalue weighted by atomic mass is 19.1. The van der Waals surface area contributed by atoms with Crippen molar-refractivity contribution in [1.29, 1.82) is 0 Å². The van der Waals surface area contributed by atoms with Crippen molar-refractivity contribution in [1.82, 2.24) is 0 Å². The van der Waals surface area contributed by atoms with Crippen LogP contribution in [0.2, 0.25) is 0 Å². The van der Waals surface area contributed by atoms with Gasteiger partial charge in [-0.2, -0.15) is 0 Å². The lowest BCUT2D eigenvalue weighted by molar-refractivity contribution is 0.102. The molecule has 0 radical (unpaired) electrons. The summed E-state index contributed by atoms with van der Waals surface area (Å²) in [6.45, 7) is 0. The summed E-state index contributed by atoms with van der Waals surface area (Å²) >= 11 is 0. The molecule has 0 unspecified atom stereocenters. The number of hydrogen-bond acceptors (Lipinski definition) is 3. The van der Waals surface area contributed by atoms with Gasteiger partial charge in [0.15, 0.2) is 5.84 Å². The van der Waals surface area contributed by atoms with Gasteiger partial charge in [-0.1, -0.05) is 17.3 Å². The van der Waals surface area contributed by atoms with Crippen molar-refractivity contribution >= 4 is 17.4 Å². The molecular formula is C14H12FN3O2. The van der Waals surface area contributed by atoms with E-state index in [4.69, 9.17) is 10.9 Å². The average Bonchev–Trinajstić information content (AvgIpc) is 2.49. The minimum atomic E-state index is -0.369. The van der Waals surface area contributed by atoms with Gasteiger partial charge < -0.3 is 16.3 Å². The second-order valence-electron chi connectivity index (χ2n) is 4.02. The molecule has 0 aromatic heterocycles. The predicted molar refractivity (Wildman–Crippen MR) is 73.3 cm³/mol. The lowest BCUT2D eigenvalue weighted by atomic mass is 10.1. The Morgan fingerprint density at radius 1 is 1.05 bits per heavy atom. The maximum atomic E-state index is 12.7. The molecule has 0 aliphatic rings. The predicted octanol–water partition coefficient (Wildman–Crippen LogP) is 2.17. The third-order valence-corrected chi connectivity index (χ3v) is 2.65. The Morgan fingerprint density at radius 3 is 2.15 bits per heavy atom. The zero-order valence-corrected chi connectivity index (χ0v) is 10.4. The monoisotopic (exact) mass is 273 g/mol. The Morgan fingerprint density at radius 2 is 1.60 bits per heavy atom. The van der Waals surface area contributed by atoms with Crippen LogP contribution in [-0.2, 0) is 0 Å². The fourth-order valence-electron chi connectivity index (χ4n) is 1.59. The van der Waals surface area contributed by atoms with Gasteiger partial charge in [0.2, 0.25) is 0 Å². The van der Waals surface area contributed by atoms with E-state index in [0.29, 0.717) is 16.8 Å². The quantitative estimate of drug-likeness (QED) is 0.346. The van der Waals surface area contributed by atoms with Crippen LogP contribution < -0.4 is 11.1 Å². The summed E-state index contributed by atoms with van der Waals surface area (Å²) in [5.74, 6) is -0.732. The number of oxime groups is 1. The second kappa shape index (κ2) is 5.83. The third-order valence-electron chi connectivity index (χ3n) is 2.65. The Labute approximate surface area is 114 Å². The number of nitrogens with zero attached hydrogens (tertiary/aromatic N) is 1. The topological polar surface area (TPSA) is 87.7 Å². The van der Waals surface area contributed by atoms with E-state index in [1.54, 1.807) is 24.3 Å². The molecule has 0 atom stereocenters. The Balaban J connectivity index is 2.11. The van der Waals surface area contributed by atoms with Crippen LogP contribution in [0.3, 0.4) is 0 Å². The van der Waals surface area contributed by atoms with E-state index in [-0.39, 0.29) is 17.6 Å². The summed E-state index contributed by atoms with van der Waals surface area (Å²) in [6.07, 6.45) is 0. The molecule has 0 heterocycles. The molecule has 0 aliphatic carbocycles. The van der Waals surface area contributed by atoms with Crippen LogP contribution in [0.1, 0.15) is 15.9 Å². The van der Waals surface area contributed by atoms with Crippen LogP contribution in [0.25, 0.3) is 0 Å². The van der Waals surface area contributed by atoms with Crippen molar-refractivity contribution in [3.8, 4) is 0 Å². The van der Waals surface area contributed by atoms with Crippen molar-refractivity contribution in [2.75, 3.05) is 5.32 Å². The van der Waals surface area contributed by atoms with E-state index in [2.05, 4.69) is 10.5 Å². The molecule has 4 N–H and O–H groups in total. The van der Waals surface area contributed by atoms with Gasteiger partial charge in [-0.05, 0) is 36.4 Å². The third kappa shape index (κ3) is 3.11. The second-order valence-corrected chi connectivity index (χ2v) is 4.02. The molecule has 0 spiro atoms. The Hall–Kier alpha value is -2.89. The smallest absolute Gasteiger partial charge is 0.255 e. The molecule has 0 aliphatic heterocycles. The first-order valence-electron chi connectivity index (χ1n) is 5.75. The molecule has 20 heavy (non-hydrogen) atoms. The normalized spacial score (nSPS) is 11.2. The van der Waals surface area contributed by atoms with Gasteiger partial charge in [0.05, 0.1) is 0 Å². The van der Waals surface area contributed by atoms with E-state index < -0.39 is 0 Å². The average molecular weight is 273 g/mol. The number of carbonyl (C=O) groups excluding carboxylic acids is 1. The summed E-state index contributed by atoms with van der Waals surface area (Å²) < 4.78 is 12.7. The maximum absolute atomic E-state index is 12.7. The van der Waals surface area contributed by atoms with Crippen LogP contribution in [0, 0.1) is 5.82 Å². The van der Waals surface area contributed by atoms with Crippen molar-refractivity contribution in [2.24, 2.45) is 10.9 Å². The molecule has 0 bridgehead atoms. The van der Waals surface area contributed by atoms with Crippen LogP contribution in [0.4, 0.5) is 10.1 Å². The Kier molecular flexibility index (Phi) is 3.95. The number of halogens is 1. The summed E-state index contributed by atoms with van der Waals surface area (Å²) in [4.78, 5) is 11.9. The number of anilines is 1. The standard InChI is InChI=1S/C14H12FN3O2/c15-11-5-7-12(8-6-11)17-14(19)10-3-1-9(2-4-10)13(16)18-20/h1-8,20H,(H2,16,18)(H,17,19). The fraction of sp³-hybridized carbons (Fsp3) is 0. The fourth-order valence-corrected chi connectivity index (χ4v) is 1.59. The summed E-state index contributed by atoms with van der Waals surface area (Å²) in [5, 5.41) is 14.0. The summed E-state index contributed by atoms with van der Waals surface area (Å²) in [7, 11) is 0. The molecule has 0 saturated heterocycles. The first-order valence-corrected chi connectivity index (χ1v) is 5.75. The summed E-state index contributed by atoms with van der Waals surface area (Å²) in [5.41, 5.74) is 6.83. The van der Waals surface area contributed by atoms with Crippen LogP contribution >= 0.6 is 0 Å². The van der Waals surface area contributed by atoms with E-state index in [0.717, 1.165) is 0 Å². The van der Waals surface area contributed by atoms with E-state index >= 15 is 0 Å². The number of rotatable bonds is 3. The highest BCUT2D eigenvalue weighted by molar-refractivity contribution is 6.05. The first kappa shape index (κ1) is 13.5. The van der Waals surface area contributed by atoms with E-state index in [9.17, 15) is 9.18 Å². The number of nitrogens with one attached hydrogen (secondary N) is 1.